The molecule has 2 aromatic heterocycles. The Morgan fingerprint density at radius 1 is 1.07 bits per heavy atom. The average molecular weight is 416 g/mol. The van der Waals surface area contributed by atoms with Crippen molar-refractivity contribution in [2.45, 2.75) is 35.8 Å². The zero-order valence-corrected chi connectivity index (χ0v) is 17.0. The number of hydrogen-bond acceptors (Lipinski definition) is 5. The number of pyridine rings is 1. The van der Waals surface area contributed by atoms with Crippen LogP contribution in [0.2, 0.25) is 0 Å². The van der Waals surface area contributed by atoms with E-state index in [0.717, 1.165) is 48.7 Å². The molecule has 4 nitrogen and oxygen atoms in total. The predicted octanol–water partition coefficient (Wildman–Crippen LogP) is 5.12. The SMILES string of the molecule is O=S(c1ccccc1F)C1CCC(CNc2nc(-c3ccccn3)cs2)CC1. The van der Waals surface area contributed by atoms with Crippen molar-refractivity contribution < 1.29 is 8.60 Å². The Morgan fingerprint density at radius 3 is 2.61 bits per heavy atom. The van der Waals surface area contributed by atoms with E-state index in [-0.39, 0.29) is 11.1 Å². The molecule has 1 unspecified atom stereocenters. The van der Waals surface area contributed by atoms with Crippen molar-refractivity contribution in [3.8, 4) is 11.4 Å². The van der Waals surface area contributed by atoms with Crippen LogP contribution in [0.5, 0.6) is 0 Å². The number of nitrogens with zero attached hydrogens (tertiary/aromatic N) is 2. The van der Waals surface area contributed by atoms with Gasteiger partial charge in [-0.25, -0.2) is 9.37 Å². The molecule has 1 aliphatic rings. The molecule has 28 heavy (non-hydrogen) atoms. The summed E-state index contributed by atoms with van der Waals surface area (Å²) in [7, 11) is -1.27. The first-order valence-electron chi connectivity index (χ1n) is 9.46. The van der Waals surface area contributed by atoms with Crippen LogP contribution in [0, 0.1) is 11.7 Å². The first-order valence-corrected chi connectivity index (χ1v) is 11.6. The van der Waals surface area contributed by atoms with E-state index < -0.39 is 10.8 Å². The van der Waals surface area contributed by atoms with Gasteiger partial charge in [0.25, 0.3) is 0 Å². The van der Waals surface area contributed by atoms with Crippen LogP contribution >= 0.6 is 11.3 Å². The van der Waals surface area contributed by atoms with Gasteiger partial charge in [0.2, 0.25) is 0 Å². The molecule has 0 aliphatic heterocycles. The number of halogens is 1. The van der Waals surface area contributed by atoms with Crippen molar-refractivity contribution in [3.63, 3.8) is 0 Å². The van der Waals surface area contributed by atoms with E-state index in [1.165, 1.54) is 6.07 Å². The van der Waals surface area contributed by atoms with Gasteiger partial charge < -0.3 is 5.32 Å². The molecule has 0 radical (unpaired) electrons. The van der Waals surface area contributed by atoms with Crippen LogP contribution in [0.15, 0.2) is 58.9 Å². The molecule has 3 aromatic rings. The molecule has 0 amide bonds. The zero-order valence-electron chi connectivity index (χ0n) is 15.4. The largest absolute Gasteiger partial charge is 0.361 e. The Balaban J connectivity index is 1.28. The third kappa shape index (κ3) is 4.47. The Hall–Kier alpha value is -2.12. The van der Waals surface area contributed by atoms with Crippen molar-refractivity contribution >= 4 is 27.3 Å². The van der Waals surface area contributed by atoms with E-state index >= 15 is 0 Å². The maximum absolute atomic E-state index is 13.9. The van der Waals surface area contributed by atoms with Crippen LogP contribution in [0.1, 0.15) is 25.7 Å². The summed E-state index contributed by atoms with van der Waals surface area (Å²) in [4.78, 5) is 9.28. The smallest absolute Gasteiger partial charge is 0.183 e. The van der Waals surface area contributed by atoms with E-state index in [0.29, 0.717) is 10.8 Å². The summed E-state index contributed by atoms with van der Waals surface area (Å²) in [5.74, 6) is 0.160. The highest BCUT2D eigenvalue weighted by Crippen LogP contribution is 2.31. The molecule has 4 rings (SSSR count). The molecule has 1 saturated carbocycles. The molecule has 1 atom stereocenters. The van der Waals surface area contributed by atoms with Crippen LogP contribution < -0.4 is 5.32 Å². The second-order valence-electron chi connectivity index (χ2n) is 7.00. The fraction of sp³-hybridized carbons (Fsp3) is 0.333. The van der Waals surface area contributed by atoms with E-state index in [1.54, 1.807) is 35.7 Å². The highest BCUT2D eigenvalue weighted by Gasteiger charge is 2.27. The molecule has 0 bridgehead atoms. The number of anilines is 1. The van der Waals surface area contributed by atoms with Gasteiger partial charge >= 0.3 is 0 Å². The van der Waals surface area contributed by atoms with Gasteiger partial charge in [-0.15, -0.1) is 11.3 Å². The van der Waals surface area contributed by atoms with E-state index in [4.69, 9.17) is 0 Å². The molecule has 2 heterocycles. The zero-order chi connectivity index (χ0) is 19.3. The molecule has 1 aromatic carbocycles. The minimum Gasteiger partial charge on any atom is -0.361 e. The molecule has 0 spiro atoms. The van der Waals surface area contributed by atoms with Crippen LogP contribution in [-0.2, 0) is 10.8 Å². The van der Waals surface area contributed by atoms with Crippen LogP contribution in [0.3, 0.4) is 0 Å². The Labute approximate surface area is 170 Å². The van der Waals surface area contributed by atoms with Crippen molar-refractivity contribution in [2.75, 3.05) is 11.9 Å². The quantitative estimate of drug-likeness (QED) is 0.607. The van der Waals surface area contributed by atoms with E-state index in [1.807, 2.05) is 23.6 Å². The van der Waals surface area contributed by atoms with Gasteiger partial charge in [0.05, 0.1) is 21.4 Å². The molecule has 0 saturated heterocycles. The Morgan fingerprint density at radius 2 is 1.86 bits per heavy atom. The van der Waals surface area contributed by atoms with Crippen molar-refractivity contribution in [1.29, 1.82) is 0 Å². The summed E-state index contributed by atoms with van der Waals surface area (Å²) in [6.07, 6.45) is 5.49. The van der Waals surface area contributed by atoms with E-state index in [2.05, 4.69) is 15.3 Å². The number of hydrogen-bond donors (Lipinski definition) is 1. The maximum atomic E-state index is 13.9. The van der Waals surface area contributed by atoms with Crippen LogP contribution in [0.4, 0.5) is 9.52 Å². The second-order valence-corrected chi connectivity index (χ2v) is 9.56. The van der Waals surface area contributed by atoms with Crippen molar-refractivity contribution in [3.05, 3.63) is 59.9 Å². The first kappa shape index (κ1) is 19.2. The van der Waals surface area contributed by atoms with Gasteiger partial charge in [-0.2, -0.15) is 0 Å². The standard InChI is InChI=1S/C21H22FN3OS2/c22-17-5-1-2-7-20(17)28(26)16-10-8-15(9-11-16)13-24-21-25-19(14-27-21)18-6-3-4-12-23-18/h1-7,12,14-16H,8-11,13H2,(H,24,25). The normalized spacial score (nSPS) is 20.6. The van der Waals surface area contributed by atoms with Gasteiger partial charge in [-0.3, -0.25) is 9.19 Å². The number of thiazole rings is 1. The molecule has 1 N–H and O–H groups in total. The summed E-state index contributed by atoms with van der Waals surface area (Å²) < 4.78 is 26.6. The number of aromatic nitrogens is 2. The molecule has 7 heteroatoms. The minimum atomic E-state index is -1.27. The van der Waals surface area contributed by atoms with Crippen molar-refractivity contribution in [2.24, 2.45) is 5.92 Å². The van der Waals surface area contributed by atoms with Gasteiger partial charge in [0, 0.05) is 23.4 Å². The molecule has 1 aliphatic carbocycles. The highest BCUT2D eigenvalue weighted by atomic mass is 32.2. The molecule has 1 fully saturated rings. The fourth-order valence-electron chi connectivity index (χ4n) is 3.56. The van der Waals surface area contributed by atoms with Crippen molar-refractivity contribution in [1.82, 2.24) is 9.97 Å². The molecule has 146 valence electrons. The van der Waals surface area contributed by atoms with E-state index in [9.17, 15) is 8.60 Å². The van der Waals surface area contributed by atoms with Crippen LogP contribution in [0.25, 0.3) is 11.4 Å². The lowest BCUT2D eigenvalue weighted by Crippen LogP contribution is -2.27. The Bertz CT molecular complexity index is 940. The van der Waals surface area contributed by atoms with Gasteiger partial charge in [-0.1, -0.05) is 18.2 Å². The lowest BCUT2D eigenvalue weighted by Gasteiger charge is -2.28. The third-order valence-corrected chi connectivity index (χ3v) is 7.76. The highest BCUT2D eigenvalue weighted by molar-refractivity contribution is 7.85. The lowest BCUT2D eigenvalue weighted by molar-refractivity contribution is 0.376. The third-order valence-electron chi connectivity index (χ3n) is 5.12. The summed E-state index contributed by atoms with van der Waals surface area (Å²) in [5.41, 5.74) is 1.76. The van der Waals surface area contributed by atoms with Gasteiger partial charge in [-0.05, 0) is 55.9 Å². The Kier molecular flexibility index (Phi) is 6.12. The minimum absolute atomic E-state index is 0.0452. The van der Waals surface area contributed by atoms with Gasteiger partial charge in [0.1, 0.15) is 11.5 Å². The second kappa shape index (κ2) is 8.92. The van der Waals surface area contributed by atoms with Gasteiger partial charge in [0.15, 0.2) is 5.13 Å². The molecular weight excluding hydrogens is 393 g/mol. The summed E-state index contributed by atoms with van der Waals surface area (Å²) in [6.45, 7) is 0.855. The lowest BCUT2D eigenvalue weighted by atomic mass is 9.89. The number of benzene rings is 1. The molecular formula is C21H22FN3OS2. The fourth-order valence-corrected chi connectivity index (χ4v) is 5.80. The van der Waals surface area contributed by atoms with Crippen LogP contribution in [-0.4, -0.2) is 26.0 Å². The number of rotatable bonds is 6. The first-order chi connectivity index (χ1) is 13.7. The maximum Gasteiger partial charge on any atom is 0.183 e. The summed E-state index contributed by atoms with van der Waals surface area (Å²) in [5, 5.41) is 6.39. The average Bonchev–Trinajstić information content (AvgIpc) is 3.22. The predicted molar refractivity (Wildman–Crippen MR) is 112 cm³/mol. The summed E-state index contributed by atoms with van der Waals surface area (Å²) in [6, 6.07) is 12.2. The topological polar surface area (TPSA) is 54.9 Å². The summed E-state index contributed by atoms with van der Waals surface area (Å²) >= 11 is 1.58. The number of nitrogens with one attached hydrogen (secondary N) is 1. The monoisotopic (exact) mass is 415 g/mol.